The van der Waals surface area contributed by atoms with Crippen LogP contribution in [-0.2, 0) is 16.0 Å². The second-order valence-corrected chi connectivity index (χ2v) is 4.15. The number of benzene rings is 1. The monoisotopic (exact) mass is 312 g/mol. The third kappa shape index (κ3) is 5.09. The fraction of sp³-hybridized carbons (Fsp3) is 0.214. The quantitative estimate of drug-likeness (QED) is 0.641. The number of methoxy groups -OCH3 is 1. The Morgan fingerprint density at radius 3 is 2.62 bits per heavy atom. The molecule has 0 saturated heterocycles. The lowest BCUT2D eigenvalue weighted by molar-refractivity contribution is -0.107. The minimum atomic E-state index is -0.852. The number of nitrogens with zero attached hydrogens (tertiary/aromatic N) is 2. The standard InChI is InChI=1S/C12H8ClFN2O2.C2H6O/c13-10-11(14)15-7-16-12(10)18-9-4-2-1-3-8(9)5-6-17;1-3-2/h1-4,6-7H,5H2;1-2H3. The van der Waals surface area contributed by atoms with E-state index in [9.17, 15) is 9.18 Å². The van der Waals surface area contributed by atoms with Crippen molar-refractivity contribution in [3.63, 3.8) is 0 Å². The van der Waals surface area contributed by atoms with E-state index in [0.717, 1.165) is 12.6 Å². The Kier molecular flexibility index (Phi) is 7.28. The van der Waals surface area contributed by atoms with Crippen LogP contribution in [0.15, 0.2) is 30.6 Å². The van der Waals surface area contributed by atoms with Gasteiger partial charge in [-0.05, 0) is 6.07 Å². The van der Waals surface area contributed by atoms with Crippen LogP contribution < -0.4 is 4.74 Å². The minimum Gasteiger partial charge on any atom is -0.437 e. The van der Waals surface area contributed by atoms with E-state index in [1.807, 2.05) is 0 Å². The predicted octanol–water partition coefficient (Wildman–Crippen LogP) is 3.07. The molecule has 0 spiro atoms. The number of carbonyl (C=O) groups excluding carboxylic acids is 1. The number of hydrogen-bond donors (Lipinski definition) is 0. The highest BCUT2D eigenvalue weighted by atomic mass is 35.5. The third-order valence-corrected chi connectivity index (χ3v) is 2.52. The van der Waals surface area contributed by atoms with Crippen LogP contribution in [0.2, 0.25) is 5.02 Å². The number of aromatic nitrogens is 2. The first-order valence-electron chi connectivity index (χ1n) is 5.89. The number of hydrogen-bond acceptors (Lipinski definition) is 5. The molecule has 1 heterocycles. The van der Waals surface area contributed by atoms with Crippen LogP contribution in [0.3, 0.4) is 0 Å². The first-order chi connectivity index (χ1) is 10.1. The lowest BCUT2D eigenvalue weighted by Crippen LogP contribution is -1.97. The van der Waals surface area contributed by atoms with Gasteiger partial charge in [0.25, 0.3) is 0 Å². The summed E-state index contributed by atoms with van der Waals surface area (Å²) in [5, 5.41) is -0.293. The molecule has 0 bridgehead atoms. The molecule has 5 nitrogen and oxygen atoms in total. The largest absolute Gasteiger partial charge is 0.437 e. The molecule has 0 amide bonds. The van der Waals surface area contributed by atoms with Crippen molar-refractivity contribution >= 4 is 17.9 Å². The molecule has 0 unspecified atom stereocenters. The summed E-state index contributed by atoms with van der Waals surface area (Å²) in [6, 6.07) is 6.88. The summed E-state index contributed by atoms with van der Waals surface area (Å²) in [6.07, 6.45) is 1.96. The number of para-hydroxylation sites is 1. The van der Waals surface area contributed by atoms with E-state index < -0.39 is 5.95 Å². The van der Waals surface area contributed by atoms with Gasteiger partial charge >= 0.3 is 0 Å². The molecule has 1 aromatic heterocycles. The van der Waals surface area contributed by atoms with Crippen molar-refractivity contribution < 1.29 is 18.7 Å². The van der Waals surface area contributed by atoms with E-state index in [1.54, 1.807) is 38.5 Å². The lowest BCUT2D eigenvalue weighted by atomic mass is 10.1. The number of aldehydes is 1. The Morgan fingerprint density at radius 2 is 1.95 bits per heavy atom. The highest BCUT2D eigenvalue weighted by molar-refractivity contribution is 6.31. The molecule has 0 atom stereocenters. The molecule has 0 aliphatic heterocycles. The van der Waals surface area contributed by atoms with Crippen LogP contribution in [0.25, 0.3) is 0 Å². The zero-order valence-electron chi connectivity index (χ0n) is 11.5. The lowest BCUT2D eigenvalue weighted by Gasteiger charge is -2.09. The van der Waals surface area contributed by atoms with Crippen LogP contribution >= 0.6 is 11.6 Å². The fourth-order valence-corrected chi connectivity index (χ4v) is 1.51. The molecule has 1 aromatic carbocycles. The van der Waals surface area contributed by atoms with Crippen molar-refractivity contribution in [3.8, 4) is 11.6 Å². The van der Waals surface area contributed by atoms with Crippen LogP contribution in [0.4, 0.5) is 4.39 Å². The van der Waals surface area contributed by atoms with Gasteiger partial charge in [-0.15, -0.1) is 0 Å². The van der Waals surface area contributed by atoms with Gasteiger partial charge in [-0.3, -0.25) is 0 Å². The maximum Gasteiger partial charge on any atom is 0.244 e. The van der Waals surface area contributed by atoms with E-state index in [2.05, 4.69) is 14.7 Å². The normalized spacial score (nSPS) is 9.52. The predicted molar refractivity (Wildman–Crippen MR) is 76.2 cm³/mol. The van der Waals surface area contributed by atoms with Crippen molar-refractivity contribution in [1.82, 2.24) is 9.97 Å². The zero-order chi connectivity index (χ0) is 15.7. The first-order valence-corrected chi connectivity index (χ1v) is 6.27. The highest BCUT2D eigenvalue weighted by Crippen LogP contribution is 2.29. The molecule has 2 aromatic rings. The van der Waals surface area contributed by atoms with Crippen LogP contribution in [-0.4, -0.2) is 30.5 Å². The summed E-state index contributed by atoms with van der Waals surface area (Å²) in [4.78, 5) is 17.6. The Morgan fingerprint density at radius 1 is 1.29 bits per heavy atom. The molecule has 21 heavy (non-hydrogen) atoms. The molecule has 2 rings (SSSR count). The molecule has 7 heteroatoms. The Labute approximate surface area is 126 Å². The Bertz CT molecular complexity index is 596. The molecule has 0 radical (unpaired) electrons. The van der Waals surface area contributed by atoms with Crippen LogP contribution in [0, 0.1) is 5.95 Å². The Balaban J connectivity index is 0.000000677. The first kappa shape index (κ1) is 17.0. The molecular formula is C14H14ClFN2O3. The number of halogens is 2. The van der Waals surface area contributed by atoms with E-state index in [0.29, 0.717) is 11.3 Å². The van der Waals surface area contributed by atoms with E-state index in [1.165, 1.54) is 0 Å². The summed E-state index contributed by atoms with van der Waals surface area (Å²) in [5.74, 6) is -0.526. The van der Waals surface area contributed by atoms with E-state index in [-0.39, 0.29) is 17.3 Å². The van der Waals surface area contributed by atoms with Gasteiger partial charge in [0.15, 0.2) is 5.02 Å². The van der Waals surface area contributed by atoms with Gasteiger partial charge in [-0.1, -0.05) is 29.8 Å². The Hall–Kier alpha value is -2.05. The van der Waals surface area contributed by atoms with Gasteiger partial charge in [-0.25, -0.2) is 4.98 Å². The van der Waals surface area contributed by atoms with Crippen molar-refractivity contribution in [2.75, 3.05) is 14.2 Å². The number of ether oxygens (including phenoxy) is 2. The van der Waals surface area contributed by atoms with Gasteiger partial charge in [0.05, 0.1) is 0 Å². The molecule has 112 valence electrons. The van der Waals surface area contributed by atoms with Crippen LogP contribution in [0.1, 0.15) is 5.56 Å². The molecule has 0 aliphatic carbocycles. The topological polar surface area (TPSA) is 61.3 Å². The fourth-order valence-electron chi connectivity index (χ4n) is 1.37. The van der Waals surface area contributed by atoms with Gasteiger partial charge in [0.1, 0.15) is 18.4 Å². The SMILES string of the molecule is COC.O=CCc1ccccc1Oc1ncnc(F)c1Cl. The smallest absolute Gasteiger partial charge is 0.244 e. The second kappa shape index (κ2) is 8.99. The van der Waals surface area contributed by atoms with Gasteiger partial charge in [-0.2, -0.15) is 9.37 Å². The molecule has 0 aliphatic rings. The molecule has 0 fully saturated rings. The van der Waals surface area contributed by atoms with Crippen molar-refractivity contribution in [3.05, 3.63) is 47.1 Å². The van der Waals surface area contributed by atoms with Gasteiger partial charge in [0.2, 0.25) is 11.8 Å². The summed E-state index contributed by atoms with van der Waals surface area (Å²) < 4.78 is 22.8. The van der Waals surface area contributed by atoms with Crippen molar-refractivity contribution in [2.24, 2.45) is 0 Å². The summed E-state index contributed by atoms with van der Waals surface area (Å²) >= 11 is 5.68. The van der Waals surface area contributed by atoms with Crippen molar-refractivity contribution in [1.29, 1.82) is 0 Å². The zero-order valence-corrected chi connectivity index (χ0v) is 12.3. The number of carbonyl (C=O) groups is 1. The molecular weight excluding hydrogens is 299 g/mol. The molecule has 0 saturated carbocycles. The van der Waals surface area contributed by atoms with Gasteiger partial charge < -0.3 is 14.3 Å². The minimum absolute atomic E-state index is 0.0810. The average molecular weight is 313 g/mol. The summed E-state index contributed by atoms with van der Waals surface area (Å²) in [6.45, 7) is 0. The maximum absolute atomic E-state index is 13.1. The van der Waals surface area contributed by atoms with E-state index in [4.69, 9.17) is 16.3 Å². The van der Waals surface area contributed by atoms with E-state index >= 15 is 0 Å². The second-order valence-electron chi connectivity index (χ2n) is 3.77. The van der Waals surface area contributed by atoms with Crippen LogP contribution in [0.5, 0.6) is 11.6 Å². The summed E-state index contributed by atoms with van der Waals surface area (Å²) in [7, 11) is 3.25. The third-order valence-electron chi connectivity index (χ3n) is 2.20. The number of rotatable bonds is 4. The maximum atomic E-state index is 13.1. The average Bonchev–Trinajstić information content (AvgIpc) is 2.47. The van der Waals surface area contributed by atoms with Gasteiger partial charge in [0, 0.05) is 26.2 Å². The summed E-state index contributed by atoms with van der Waals surface area (Å²) in [5.41, 5.74) is 0.669. The highest BCUT2D eigenvalue weighted by Gasteiger charge is 2.12. The van der Waals surface area contributed by atoms with Crippen molar-refractivity contribution in [2.45, 2.75) is 6.42 Å². The molecule has 0 N–H and O–H groups in total.